The number of benzene rings is 1. The molecule has 2 heterocycles. The third-order valence-corrected chi connectivity index (χ3v) is 6.12. The molecule has 1 fully saturated rings. The van der Waals surface area contributed by atoms with Crippen LogP contribution in [0.1, 0.15) is 56.8 Å². The second-order valence-corrected chi connectivity index (χ2v) is 9.84. The predicted octanol–water partition coefficient (Wildman–Crippen LogP) is 4.92. The lowest BCUT2D eigenvalue weighted by Gasteiger charge is -2.33. The van der Waals surface area contributed by atoms with E-state index in [-0.39, 0.29) is 35.2 Å². The summed E-state index contributed by atoms with van der Waals surface area (Å²) in [5.41, 5.74) is 2.36. The van der Waals surface area contributed by atoms with Crippen molar-refractivity contribution in [2.45, 2.75) is 65.1 Å². The first-order valence-electron chi connectivity index (χ1n) is 10.8. The molecule has 31 heavy (non-hydrogen) atoms. The zero-order chi connectivity index (χ0) is 21.6. The van der Waals surface area contributed by atoms with E-state index in [0.29, 0.717) is 12.6 Å². The van der Waals surface area contributed by atoms with Gasteiger partial charge in [0.15, 0.2) is 5.96 Å². The summed E-state index contributed by atoms with van der Waals surface area (Å²) in [6.07, 6.45) is 2.13. The highest BCUT2D eigenvalue weighted by Gasteiger charge is 2.20. The van der Waals surface area contributed by atoms with Crippen LogP contribution in [-0.4, -0.2) is 41.5 Å². The van der Waals surface area contributed by atoms with Crippen molar-refractivity contribution >= 4 is 41.3 Å². The number of aliphatic imine (C=N–C) groups is 1. The van der Waals surface area contributed by atoms with Gasteiger partial charge in [-0.25, -0.2) is 14.4 Å². The lowest BCUT2D eigenvalue weighted by Crippen LogP contribution is -2.48. The van der Waals surface area contributed by atoms with Gasteiger partial charge in [0.05, 0.1) is 12.2 Å². The molecule has 0 spiro atoms. The second-order valence-electron chi connectivity index (χ2n) is 8.89. The van der Waals surface area contributed by atoms with Crippen LogP contribution >= 0.6 is 35.3 Å². The Labute approximate surface area is 207 Å². The number of aromatic nitrogens is 1. The topological polar surface area (TPSA) is 52.6 Å². The fraction of sp³-hybridized carbons (Fsp3) is 0.565. The van der Waals surface area contributed by atoms with Gasteiger partial charge in [-0.1, -0.05) is 32.9 Å². The molecule has 0 amide bonds. The molecule has 0 atom stereocenters. The molecule has 1 saturated heterocycles. The quantitative estimate of drug-likeness (QED) is 0.300. The zero-order valence-electron chi connectivity index (χ0n) is 18.9. The maximum Gasteiger partial charge on any atom is 0.191 e. The monoisotopic (exact) mass is 559 g/mol. The van der Waals surface area contributed by atoms with Crippen LogP contribution in [0, 0.1) is 5.82 Å². The number of nitrogens with one attached hydrogen (secondary N) is 2. The minimum Gasteiger partial charge on any atom is -0.357 e. The van der Waals surface area contributed by atoms with Gasteiger partial charge >= 0.3 is 0 Å². The Bertz CT molecular complexity index is 823. The number of rotatable bonds is 6. The SMILES string of the molecule is CCNC(=NCc1nc(C(C)(C)C)cs1)NC1CCN(Cc2ccc(F)cc2)CC1.I. The van der Waals surface area contributed by atoms with Gasteiger partial charge < -0.3 is 10.6 Å². The van der Waals surface area contributed by atoms with Crippen LogP contribution in [0.5, 0.6) is 0 Å². The van der Waals surface area contributed by atoms with Crippen LogP contribution in [-0.2, 0) is 18.5 Å². The highest BCUT2D eigenvalue weighted by atomic mass is 127. The zero-order valence-corrected chi connectivity index (χ0v) is 22.1. The van der Waals surface area contributed by atoms with Crippen LogP contribution < -0.4 is 10.6 Å². The molecule has 2 aromatic rings. The summed E-state index contributed by atoms with van der Waals surface area (Å²) in [5.74, 6) is 0.686. The summed E-state index contributed by atoms with van der Waals surface area (Å²) >= 11 is 1.68. The number of hydrogen-bond acceptors (Lipinski definition) is 4. The highest BCUT2D eigenvalue weighted by molar-refractivity contribution is 14.0. The van der Waals surface area contributed by atoms with Gasteiger partial charge in [-0.2, -0.15) is 0 Å². The van der Waals surface area contributed by atoms with Crippen LogP contribution in [0.15, 0.2) is 34.6 Å². The lowest BCUT2D eigenvalue weighted by atomic mass is 9.93. The van der Waals surface area contributed by atoms with E-state index in [4.69, 9.17) is 9.98 Å². The average molecular weight is 560 g/mol. The Balaban J connectivity index is 0.00000341. The molecule has 0 radical (unpaired) electrons. The first-order valence-corrected chi connectivity index (χ1v) is 11.7. The number of thiazole rings is 1. The number of likely N-dealkylation sites (tertiary alicyclic amines) is 1. The number of hydrogen-bond donors (Lipinski definition) is 2. The van der Waals surface area contributed by atoms with Gasteiger partial charge in [0.1, 0.15) is 10.8 Å². The van der Waals surface area contributed by atoms with E-state index < -0.39 is 0 Å². The van der Waals surface area contributed by atoms with Crippen molar-refractivity contribution in [1.82, 2.24) is 20.5 Å². The standard InChI is InChI=1S/C23H34FN5S.HI/c1-5-25-22(26-14-21-28-20(16-30-21)23(2,3)4)27-19-10-12-29(13-11-19)15-17-6-8-18(24)9-7-17;/h6-9,16,19H,5,10-15H2,1-4H3,(H2,25,26,27);1H. The van der Waals surface area contributed by atoms with Crippen molar-refractivity contribution < 1.29 is 4.39 Å². The minimum atomic E-state index is -0.177. The van der Waals surface area contributed by atoms with Crippen molar-refractivity contribution in [2.24, 2.45) is 4.99 Å². The van der Waals surface area contributed by atoms with Crippen LogP contribution in [0.2, 0.25) is 0 Å². The van der Waals surface area contributed by atoms with Crippen molar-refractivity contribution in [3.63, 3.8) is 0 Å². The van der Waals surface area contributed by atoms with Gasteiger partial charge in [-0.15, -0.1) is 35.3 Å². The molecule has 8 heteroatoms. The van der Waals surface area contributed by atoms with Crippen molar-refractivity contribution in [2.75, 3.05) is 19.6 Å². The van der Waals surface area contributed by atoms with Gasteiger partial charge in [0.2, 0.25) is 0 Å². The Kier molecular flexibility index (Phi) is 10.2. The summed E-state index contributed by atoms with van der Waals surface area (Å²) < 4.78 is 13.1. The van der Waals surface area contributed by atoms with E-state index >= 15 is 0 Å². The summed E-state index contributed by atoms with van der Waals surface area (Å²) in [4.78, 5) is 11.9. The Morgan fingerprint density at radius 2 is 1.90 bits per heavy atom. The van der Waals surface area contributed by atoms with E-state index in [2.05, 4.69) is 48.6 Å². The summed E-state index contributed by atoms with van der Waals surface area (Å²) in [6.45, 7) is 13.0. The lowest BCUT2D eigenvalue weighted by molar-refractivity contribution is 0.198. The van der Waals surface area contributed by atoms with E-state index in [0.717, 1.165) is 61.2 Å². The van der Waals surface area contributed by atoms with Gasteiger partial charge in [0.25, 0.3) is 0 Å². The first-order chi connectivity index (χ1) is 14.3. The smallest absolute Gasteiger partial charge is 0.191 e. The van der Waals surface area contributed by atoms with Crippen LogP contribution in [0.4, 0.5) is 4.39 Å². The molecule has 1 aliphatic heterocycles. The second kappa shape index (κ2) is 12.1. The molecule has 1 aliphatic rings. The fourth-order valence-corrected chi connectivity index (χ4v) is 4.42. The molecular formula is C23H35FIN5S. The molecule has 172 valence electrons. The van der Waals surface area contributed by atoms with E-state index in [9.17, 15) is 4.39 Å². The number of nitrogens with zero attached hydrogens (tertiary/aromatic N) is 3. The predicted molar refractivity (Wildman–Crippen MR) is 139 cm³/mol. The van der Waals surface area contributed by atoms with Crippen molar-refractivity contribution in [3.8, 4) is 0 Å². The van der Waals surface area contributed by atoms with Gasteiger partial charge in [-0.05, 0) is 37.5 Å². The Hall–Kier alpha value is -1.26. The number of halogens is 2. The average Bonchev–Trinajstić information content (AvgIpc) is 3.19. The summed E-state index contributed by atoms with van der Waals surface area (Å²) in [7, 11) is 0. The van der Waals surface area contributed by atoms with Crippen molar-refractivity contribution in [1.29, 1.82) is 0 Å². The molecule has 0 unspecified atom stereocenters. The van der Waals surface area contributed by atoms with Crippen LogP contribution in [0.3, 0.4) is 0 Å². The Morgan fingerprint density at radius 1 is 1.23 bits per heavy atom. The molecule has 1 aromatic heterocycles. The fourth-order valence-electron chi connectivity index (χ4n) is 3.47. The third-order valence-electron chi connectivity index (χ3n) is 5.28. The normalized spacial score (nSPS) is 16.1. The van der Waals surface area contributed by atoms with Crippen LogP contribution in [0.25, 0.3) is 0 Å². The molecule has 1 aromatic carbocycles. The van der Waals surface area contributed by atoms with Crippen molar-refractivity contribution in [3.05, 3.63) is 51.7 Å². The maximum absolute atomic E-state index is 13.1. The molecule has 0 aliphatic carbocycles. The molecule has 3 rings (SSSR count). The van der Waals surface area contributed by atoms with E-state index in [1.807, 2.05) is 12.1 Å². The summed E-state index contributed by atoms with van der Waals surface area (Å²) in [6, 6.07) is 7.23. The Morgan fingerprint density at radius 3 is 2.48 bits per heavy atom. The molecule has 0 saturated carbocycles. The molecular weight excluding hydrogens is 524 g/mol. The largest absolute Gasteiger partial charge is 0.357 e. The molecule has 2 N–H and O–H groups in total. The van der Waals surface area contributed by atoms with Gasteiger partial charge in [-0.3, -0.25) is 4.90 Å². The molecule has 5 nitrogen and oxygen atoms in total. The number of piperidine rings is 1. The molecule has 0 bridgehead atoms. The first kappa shape index (κ1) is 26.0. The van der Waals surface area contributed by atoms with E-state index in [1.54, 1.807) is 11.3 Å². The van der Waals surface area contributed by atoms with E-state index in [1.165, 1.54) is 12.1 Å². The highest BCUT2D eigenvalue weighted by Crippen LogP contribution is 2.24. The summed E-state index contributed by atoms with van der Waals surface area (Å²) in [5, 5.41) is 10.1. The maximum atomic E-state index is 13.1. The van der Waals surface area contributed by atoms with Gasteiger partial charge in [0, 0.05) is 43.0 Å². The minimum absolute atomic E-state index is 0. The number of guanidine groups is 1. The third kappa shape index (κ3) is 8.31.